The van der Waals surface area contributed by atoms with Gasteiger partial charge in [0.2, 0.25) is 0 Å². The Labute approximate surface area is 140 Å². The average molecular weight is 307 g/mol. The fourth-order valence-electron chi connectivity index (χ4n) is 2.71. The van der Waals surface area contributed by atoms with Crippen LogP contribution in [0.3, 0.4) is 0 Å². The molecule has 0 fully saturated rings. The summed E-state index contributed by atoms with van der Waals surface area (Å²) in [5, 5.41) is 19.6. The number of nitriles is 2. The molecule has 112 valence electrons. The molecule has 0 aliphatic rings. The summed E-state index contributed by atoms with van der Waals surface area (Å²) < 4.78 is 1.99. The molecule has 2 aromatic carbocycles. The van der Waals surface area contributed by atoms with Crippen LogP contribution in [0.2, 0.25) is 0 Å². The van der Waals surface area contributed by atoms with Crippen molar-refractivity contribution >= 4 is 22.6 Å². The number of para-hydroxylation sites is 1. The van der Waals surface area contributed by atoms with E-state index >= 15 is 0 Å². The maximum atomic E-state index is 9.55. The van der Waals surface area contributed by atoms with E-state index in [9.17, 15) is 5.26 Å². The molecule has 0 saturated carbocycles. The molecular formula is C21H13N3. The first-order valence-corrected chi connectivity index (χ1v) is 7.40. The van der Waals surface area contributed by atoms with E-state index in [1.54, 1.807) is 18.2 Å². The zero-order valence-electron chi connectivity index (χ0n) is 12.9. The molecule has 0 radical (unpaired) electrons. The van der Waals surface area contributed by atoms with Crippen LogP contribution in [0.4, 0.5) is 0 Å². The number of allylic oxidation sites excluding steroid dienone is 1. The number of terminal acetylenes is 1. The van der Waals surface area contributed by atoms with Gasteiger partial charge in [-0.15, -0.1) is 6.42 Å². The van der Waals surface area contributed by atoms with E-state index in [2.05, 4.69) is 18.1 Å². The van der Waals surface area contributed by atoms with Crippen LogP contribution in [-0.4, -0.2) is 4.57 Å². The Hall–Kier alpha value is -3.74. The molecule has 3 heteroatoms. The van der Waals surface area contributed by atoms with Crippen LogP contribution in [0.25, 0.3) is 22.6 Å². The second-order valence-corrected chi connectivity index (χ2v) is 5.30. The minimum absolute atomic E-state index is 0.472. The Morgan fingerprint density at radius 3 is 2.71 bits per heavy atom. The van der Waals surface area contributed by atoms with Crippen LogP contribution >= 0.6 is 0 Å². The lowest BCUT2D eigenvalue weighted by molar-refractivity contribution is 0.886. The fourth-order valence-corrected chi connectivity index (χ4v) is 2.71. The van der Waals surface area contributed by atoms with Crippen LogP contribution < -0.4 is 0 Å². The maximum Gasteiger partial charge on any atom is 0.0998 e. The Morgan fingerprint density at radius 2 is 1.96 bits per heavy atom. The number of hydrogen-bond donors (Lipinski definition) is 0. The molecule has 0 aliphatic carbocycles. The average Bonchev–Trinajstić information content (AvgIpc) is 2.98. The quantitative estimate of drug-likeness (QED) is 0.537. The summed E-state index contributed by atoms with van der Waals surface area (Å²) in [4.78, 5) is 0. The van der Waals surface area contributed by atoms with Gasteiger partial charge in [-0.1, -0.05) is 36.3 Å². The van der Waals surface area contributed by atoms with E-state index in [0.29, 0.717) is 17.7 Å². The van der Waals surface area contributed by atoms with E-state index in [-0.39, 0.29) is 0 Å². The molecule has 24 heavy (non-hydrogen) atoms. The van der Waals surface area contributed by atoms with Crippen molar-refractivity contribution in [2.45, 2.75) is 6.54 Å². The van der Waals surface area contributed by atoms with Crippen LogP contribution in [0.5, 0.6) is 0 Å². The largest absolute Gasteiger partial charge is 0.335 e. The molecule has 0 spiro atoms. The van der Waals surface area contributed by atoms with Crippen molar-refractivity contribution in [3.05, 3.63) is 71.4 Å². The Morgan fingerprint density at radius 1 is 1.12 bits per heavy atom. The molecule has 1 aromatic heterocycles. The molecule has 0 saturated heterocycles. The standard InChI is InChI=1S/C21H13N3/c1-2-10-24-15-19(20-8-3-4-9-21(20)24)12-18(14-23)17-7-5-6-16(11-17)13-22/h1,3-9,11-12,15H,10H2/b18-12+. The van der Waals surface area contributed by atoms with Crippen molar-refractivity contribution in [3.8, 4) is 24.5 Å². The zero-order valence-corrected chi connectivity index (χ0v) is 12.9. The highest BCUT2D eigenvalue weighted by Gasteiger charge is 2.08. The van der Waals surface area contributed by atoms with Crippen molar-refractivity contribution in [2.24, 2.45) is 0 Å². The van der Waals surface area contributed by atoms with Crippen molar-refractivity contribution in [1.82, 2.24) is 4.57 Å². The third-order valence-corrected chi connectivity index (χ3v) is 3.80. The normalized spacial score (nSPS) is 10.8. The van der Waals surface area contributed by atoms with Gasteiger partial charge in [0.1, 0.15) is 0 Å². The van der Waals surface area contributed by atoms with Crippen LogP contribution in [0.1, 0.15) is 16.7 Å². The van der Waals surface area contributed by atoms with Gasteiger partial charge in [0, 0.05) is 22.7 Å². The molecular weight excluding hydrogens is 294 g/mol. The van der Waals surface area contributed by atoms with Gasteiger partial charge in [0.25, 0.3) is 0 Å². The third-order valence-electron chi connectivity index (χ3n) is 3.80. The first kappa shape index (κ1) is 15.2. The van der Waals surface area contributed by atoms with Gasteiger partial charge >= 0.3 is 0 Å². The minimum Gasteiger partial charge on any atom is -0.335 e. The monoisotopic (exact) mass is 307 g/mol. The lowest BCUT2D eigenvalue weighted by atomic mass is 10.0. The molecule has 0 unspecified atom stereocenters. The second-order valence-electron chi connectivity index (χ2n) is 5.30. The molecule has 3 rings (SSSR count). The minimum atomic E-state index is 0.472. The summed E-state index contributed by atoms with van der Waals surface area (Å²) in [5.74, 6) is 2.64. The molecule has 0 aliphatic heterocycles. The number of benzene rings is 2. The van der Waals surface area contributed by atoms with Gasteiger partial charge in [-0.2, -0.15) is 10.5 Å². The summed E-state index contributed by atoms with van der Waals surface area (Å²) in [5.41, 5.74) is 3.73. The van der Waals surface area contributed by atoms with Gasteiger partial charge < -0.3 is 4.57 Å². The first-order valence-electron chi connectivity index (χ1n) is 7.40. The van der Waals surface area contributed by atoms with E-state index in [1.807, 2.05) is 47.2 Å². The topological polar surface area (TPSA) is 52.5 Å². The smallest absolute Gasteiger partial charge is 0.0998 e. The van der Waals surface area contributed by atoms with Crippen molar-refractivity contribution in [2.75, 3.05) is 0 Å². The van der Waals surface area contributed by atoms with E-state index in [1.165, 1.54) is 0 Å². The Bertz CT molecular complexity index is 1060. The van der Waals surface area contributed by atoms with Gasteiger partial charge in [0.05, 0.1) is 29.8 Å². The van der Waals surface area contributed by atoms with Crippen LogP contribution in [-0.2, 0) is 6.54 Å². The van der Waals surface area contributed by atoms with Crippen molar-refractivity contribution in [3.63, 3.8) is 0 Å². The summed E-state index contributed by atoms with van der Waals surface area (Å²) in [6.45, 7) is 0.472. The first-order chi connectivity index (χ1) is 11.8. The molecule has 0 bridgehead atoms. The highest BCUT2D eigenvalue weighted by Crippen LogP contribution is 2.26. The predicted molar refractivity (Wildman–Crippen MR) is 95.4 cm³/mol. The maximum absolute atomic E-state index is 9.55. The van der Waals surface area contributed by atoms with E-state index < -0.39 is 0 Å². The van der Waals surface area contributed by atoms with Crippen molar-refractivity contribution in [1.29, 1.82) is 10.5 Å². The Balaban J connectivity index is 2.16. The molecule has 1 heterocycles. The highest BCUT2D eigenvalue weighted by molar-refractivity contribution is 5.98. The van der Waals surface area contributed by atoms with Crippen LogP contribution in [0, 0.1) is 35.0 Å². The number of fused-ring (bicyclic) bond motifs is 1. The number of aromatic nitrogens is 1. The summed E-state index contributed by atoms with van der Waals surface area (Å²) >= 11 is 0. The van der Waals surface area contributed by atoms with Crippen LogP contribution in [0.15, 0.2) is 54.7 Å². The lowest BCUT2D eigenvalue weighted by Crippen LogP contribution is -1.91. The number of rotatable bonds is 3. The molecule has 0 N–H and O–H groups in total. The van der Waals surface area contributed by atoms with Gasteiger partial charge in [-0.25, -0.2) is 0 Å². The fraction of sp³-hybridized carbons (Fsp3) is 0.0476. The third kappa shape index (κ3) is 2.78. The Kier molecular flexibility index (Phi) is 4.15. The molecule has 3 nitrogen and oxygen atoms in total. The van der Waals surface area contributed by atoms with Crippen molar-refractivity contribution < 1.29 is 0 Å². The van der Waals surface area contributed by atoms with Gasteiger partial charge in [-0.05, 0) is 29.8 Å². The predicted octanol–water partition coefficient (Wildman–Crippen LogP) is 4.21. The summed E-state index contributed by atoms with van der Waals surface area (Å²) in [6, 6.07) is 19.3. The SMILES string of the molecule is C#CCn1cc(/C=C(\C#N)c2cccc(C#N)c2)c2ccccc21. The number of nitrogens with zero attached hydrogens (tertiary/aromatic N) is 3. The van der Waals surface area contributed by atoms with E-state index in [4.69, 9.17) is 11.7 Å². The summed E-state index contributed by atoms with van der Waals surface area (Å²) in [7, 11) is 0. The summed E-state index contributed by atoms with van der Waals surface area (Å²) in [6.07, 6.45) is 9.24. The number of hydrogen-bond acceptors (Lipinski definition) is 2. The molecule has 0 amide bonds. The van der Waals surface area contributed by atoms with Gasteiger partial charge in [-0.3, -0.25) is 0 Å². The zero-order chi connectivity index (χ0) is 16.9. The van der Waals surface area contributed by atoms with Gasteiger partial charge in [0.15, 0.2) is 0 Å². The second kappa shape index (κ2) is 6.57. The lowest BCUT2D eigenvalue weighted by Gasteiger charge is -1.99. The highest BCUT2D eigenvalue weighted by atomic mass is 14.9. The molecule has 0 atom stereocenters. The molecule has 3 aromatic rings. The van der Waals surface area contributed by atoms with E-state index in [0.717, 1.165) is 22.0 Å².